The van der Waals surface area contributed by atoms with E-state index in [1.807, 2.05) is 24.3 Å². The van der Waals surface area contributed by atoms with Gasteiger partial charge in [-0.3, -0.25) is 0 Å². The number of benzene rings is 1. The lowest BCUT2D eigenvalue weighted by Crippen LogP contribution is -2.25. The standard InChI is InChI=1S/C17H24N2O2/c1-17(2,3)10-12(20)11-19-16-14-6-5-7-15(21-4)13(14)8-9-18-16/h5-9,12,20H,10-11H2,1-4H3,(H,18,19). The molecule has 0 saturated heterocycles. The van der Waals surface area contributed by atoms with Crippen molar-refractivity contribution in [2.75, 3.05) is 19.0 Å². The minimum atomic E-state index is -0.396. The number of ether oxygens (including phenoxy) is 1. The molecule has 4 heteroatoms. The SMILES string of the molecule is COc1cccc2c(NCC(O)CC(C)(C)C)nccc12. The lowest BCUT2D eigenvalue weighted by atomic mass is 9.89. The molecular formula is C17H24N2O2. The minimum absolute atomic E-state index is 0.108. The van der Waals surface area contributed by atoms with Crippen molar-refractivity contribution in [3.63, 3.8) is 0 Å². The number of nitrogens with one attached hydrogen (secondary N) is 1. The van der Waals surface area contributed by atoms with Gasteiger partial charge in [-0.2, -0.15) is 0 Å². The second-order valence-electron chi connectivity index (χ2n) is 6.51. The smallest absolute Gasteiger partial charge is 0.134 e. The summed E-state index contributed by atoms with van der Waals surface area (Å²) in [6.07, 6.45) is 2.10. The van der Waals surface area contributed by atoms with Crippen LogP contribution in [-0.4, -0.2) is 29.8 Å². The van der Waals surface area contributed by atoms with Gasteiger partial charge < -0.3 is 15.2 Å². The van der Waals surface area contributed by atoms with E-state index in [0.717, 1.165) is 28.8 Å². The first-order chi connectivity index (χ1) is 9.90. The molecule has 0 saturated carbocycles. The number of anilines is 1. The normalized spacial score (nSPS) is 13.2. The highest BCUT2D eigenvalue weighted by molar-refractivity contribution is 5.95. The fraction of sp³-hybridized carbons (Fsp3) is 0.471. The first kappa shape index (κ1) is 15.6. The monoisotopic (exact) mass is 288 g/mol. The van der Waals surface area contributed by atoms with Gasteiger partial charge >= 0.3 is 0 Å². The highest BCUT2D eigenvalue weighted by Crippen LogP contribution is 2.29. The van der Waals surface area contributed by atoms with Crippen molar-refractivity contribution < 1.29 is 9.84 Å². The molecule has 0 radical (unpaired) electrons. The average Bonchev–Trinajstić information content (AvgIpc) is 2.42. The van der Waals surface area contributed by atoms with Crippen molar-refractivity contribution in [2.45, 2.75) is 33.3 Å². The van der Waals surface area contributed by atoms with E-state index in [0.29, 0.717) is 6.54 Å². The number of methoxy groups -OCH3 is 1. The van der Waals surface area contributed by atoms with Gasteiger partial charge in [-0.25, -0.2) is 4.98 Å². The van der Waals surface area contributed by atoms with Crippen LogP contribution in [0.15, 0.2) is 30.5 Å². The summed E-state index contributed by atoms with van der Waals surface area (Å²) in [4.78, 5) is 4.37. The van der Waals surface area contributed by atoms with Crippen molar-refractivity contribution in [2.24, 2.45) is 5.41 Å². The summed E-state index contributed by atoms with van der Waals surface area (Å²) in [5.74, 6) is 1.60. The first-order valence-corrected chi connectivity index (χ1v) is 7.24. The summed E-state index contributed by atoms with van der Waals surface area (Å²) in [5.41, 5.74) is 0.108. The third kappa shape index (κ3) is 4.08. The zero-order valence-electron chi connectivity index (χ0n) is 13.2. The molecule has 0 bridgehead atoms. The largest absolute Gasteiger partial charge is 0.496 e. The van der Waals surface area contributed by atoms with Crippen molar-refractivity contribution in [1.82, 2.24) is 4.98 Å². The van der Waals surface area contributed by atoms with Gasteiger partial charge in [0.05, 0.1) is 13.2 Å². The highest BCUT2D eigenvalue weighted by atomic mass is 16.5. The van der Waals surface area contributed by atoms with Crippen LogP contribution in [0.3, 0.4) is 0 Å². The Labute approximate surface area is 126 Å². The molecule has 0 spiro atoms. The molecule has 1 aromatic heterocycles. The number of pyridine rings is 1. The van der Waals surface area contributed by atoms with E-state index in [-0.39, 0.29) is 5.41 Å². The van der Waals surface area contributed by atoms with Gasteiger partial charge in [0, 0.05) is 23.5 Å². The molecule has 0 aliphatic carbocycles. The van der Waals surface area contributed by atoms with Crippen molar-refractivity contribution >= 4 is 16.6 Å². The van der Waals surface area contributed by atoms with Crippen LogP contribution < -0.4 is 10.1 Å². The number of aliphatic hydroxyl groups is 1. The van der Waals surface area contributed by atoms with Gasteiger partial charge in [-0.15, -0.1) is 0 Å². The van der Waals surface area contributed by atoms with Crippen LogP contribution in [0, 0.1) is 5.41 Å². The maximum atomic E-state index is 10.1. The average molecular weight is 288 g/mol. The lowest BCUT2D eigenvalue weighted by Gasteiger charge is -2.22. The number of aliphatic hydroxyl groups excluding tert-OH is 1. The van der Waals surface area contributed by atoms with Crippen molar-refractivity contribution in [3.05, 3.63) is 30.5 Å². The minimum Gasteiger partial charge on any atom is -0.496 e. The van der Waals surface area contributed by atoms with E-state index >= 15 is 0 Å². The van der Waals surface area contributed by atoms with E-state index in [4.69, 9.17) is 4.74 Å². The zero-order valence-corrected chi connectivity index (χ0v) is 13.2. The van der Waals surface area contributed by atoms with E-state index in [1.54, 1.807) is 13.3 Å². The number of nitrogens with zero attached hydrogens (tertiary/aromatic N) is 1. The summed E-state index contributed by atoms with van der Waals surface area (Å²) >= 11 is 0. The van der Waals surface area contributed by atoms with E-state index in [1.165, 1.54) is 0 Å². The third-order valence-corrected chi connectivity index (χ3v) is 3.34. The van der Waals surface area contributed by atoms with Gasteiger partial charge in [0.2, 0.25) is 0 Å². The fourth-order valence-corrected chi connectivity index (χ4v) is 2.49. The van der Waals surface area contributed by atoms with E-state index in [9.17, 15) is 5.11 Å². The van der Waals surface area contributed by atoms with Gasteiger partial charge in [-0.1, -0.05) is 32.9 Å². The quantitative estimate of drug-likeness (QED) is 0.884. The van der Waals surface area contributed by atoms with Crippen LogP contribution in [0.4, 0.5) is 5.82 Å². The number of rotatable bonds is 5. The number of hydrogen-bond acceptors (Lipinski definition) is 4. The Balaban J connectivity index is 2.16. The maximum Gasteiger partial charge on any atom is 0.134 e. The molecule has 1 aromatic carbocycles. The Morgan fingerprint density at radius 2 is 2.00 bits per heavy atom. The molecule has 0 aliphatic rings. The summed E-state index contributed by atoms with van der Waals surface area (Å²) in [7, 11) is 1.66. The number of hydrogen-bond donors (Lipinski definition) is 2. The van der Waals surface area contributed by atoms with Gasteiger partial charge in [0.1, 0.15) is 11.6 Å². The second-order valence-corrected chi connectivity index (χ2v) is 6.51. The predicted molar refractivity (Wildman–Crippen MR) is 86.9 cm³/mol. The number of aromatic nitrogens is 1. The summed E-state index contributed by atoms with van der Waals surface area (Å²) in [6.45, 7) is 6.85. The Morgan fingerprint density at radius 3 is 2.67 bits per heavy atom. The van der Waals surface area contributed by atoms with Gasteiger partial charge in [-0.05, 0) is 24.0 Å². The molecule has 4 nitrogen and oxygen atoms in total. The summed E-state index contributed by atoms with van der Waals surface area (Å²) < 4.78 is 5.37. The van der Waals surface area contributed by atoms with Crippen molar-refractivity contribution in [3.8, 4) is 5.75 Å². The van der Waals surface area contributed by atoms with Gasteiger partial charge in [0.25, 0.3) is 0 Å². The molecule has 21 heavy (non-hydrogen) atoms. The predicted octanol–water partition coefficient (Wildman–Crippen LogP) is 3.45. The molecular weight excluding hydrogens is 264 g/mol. The molecule has 1 unspecified atom stereocenters. The van der Waals surface area contributed by atoms with Crippen LogP contribution in [0.25, 0.3) is 10.8 Å². The lowest BCUT2D eigenvalue weighted by molar-refractivity contribution is 0.132. The highest BCUT2D eigenvalue weighted by Gasteiger charge is 2.17. The number of fused-ring (bicyclic) bond motifs is 1. The Morgan fingerprint density at radius 1 is 1.24 bits per heavy atom. The molecule has 2 aromatic rings. The van der Waals surface area contributed by atoms with Gasteiger partial charge in [0.15, 0.2) is 0 Å². The van der Waals surface area contributed by atoms with Crippen molar-refractivity contribution in [1.29, 1.82) is 0 Å². The molecule has 1 atom stereocenters. The summed E-state index contributed by atoms with van der Waals surface area (Å²) in [5, 5.41) is 15.4. The van der Waals surface area contributed by atoms with Crippen LogP contribution in [0.5, 0.6) is 5.75 Å². The Kier molecular flexibility index (Phi) is 4.68. The third-order valence-electron chi connectivity index (χ3n) is 3.34. The molecule has 0 aliphatic heterocycles. The Bertz CT molecular complexity index is 605. The second kappa shape index (κ2) is 6.31. The van der Waals surface area contributed by atoms with Crippen LogP contribution in [-0.2, 0) is 0 Å². The van der Waals surface area contributed by atoms with Crippen LogP contribution >= 0.6 is 0 Å². The topological polar surface area (TPSA) is 54.4 Å². The Hall–Kier alpha value is -1.81. The van der Waals surface area contributed by atoms with Crippen LogP contribution in [0.1, 0.15) is 27.2 Å². The summed E-state index contributed by atoms with van der Waals surface area (Å²) in [6, 6.07) is 7.81. The molecule has 114 valence electrons. The molecule has 0 fully saturated rings. The molecule has 2 N–H and O–H groups in total. The van der Waals surface area contributed by atoms with E-state index in [2.05, 4.69) is 31.1 Å². The molecule has 2 rings (SSSR count). The molecule has 0 amide bonds. The zero-order chi connectivity index (χ0) is 15.5. The maximum absolute atomic E-state index is 10.1. The molecule has 1 heterocycles. The van der Waals surface area contributed by atoms with E-state index < -0.39 is 6.10 Å². The first-order valence-electron chi connectivity index (χ1n) is 7.24. The fourth-order valence-electron chi connectivity index (χ4n) is 2.49. The van der Waals surface area contributed by atoms with Crippen LogP contribution in [0.2, 0.25) is 0 Å².